The Hall–Kier alpha value is -2.88. The minimum Gasteiger partial charge on any atom is -0.327 e. The summed E-state index contributed by atoms with van der Waals surface area (Å²) in [4.78, 5) is 4.76. The molecule has 22 heavy (non-hydrogen) atoms. The van der Waals surface area contributed by atoms with Gasteiger partial charge in [0.15, 0.2) is 0 Å². The first kappa shape index (κ1) is 12.8. The van der Waals surface area contributed by atoms with E-state index < -0.39 is 0 Å². The maximum atomic E-state index is 4.76. The quantitative estimate of drug-likeness (QED) is 0.563. The second-order valence-electron chi connectivity index (χ2n) is 5.50. The Labute approximate surface area is 128 Å². The summed E-state index contributed by atoms with van der Waals surface area (Å²) in [7, 11) is 2.04. The molecule has 0 aliphatic heterocycles. The Morgan fingerprint density at radius 3 is 2.64 bits per heavy atom. The number of nitrogens with zero attached hydrogens (tertiary/aromatic N) is 4. The average Bonchev–Trinajstić information content (AvgIpc) is 3.13. The average molecular weight is 288 g/mol. The van der Waals surface area contributed by atoms with E-state index in [0.29, 0.717) is 0 Å². The van der Waals surface area contributed by atoms with E-state index in [1.54, 1.807) is 0 Å². The van der Waals surface area contributed by atoms with E-state index in [9.17, 15) is 0 Å². The molecular formula is C18H16N4. The molecule has 0 aliphatic rings. The fraction of sp³-hybridized carbons (Fsp3) is 0.111. The van der Waals surface area contributed by atoms with Gasteiger partial charge in [-0.3, -0.25) is 0 Å². The number of para-hydroxylation sites is 1. The van der Waals surface area contributed by atoms with Gasteiger partial charge in [-0.05, 0) is 36.8 Å². The molecular weight excluding hydrogens is 272 g/mol. The lowest BCUT2D eigenvalue weighted by molar-refractivity contribution is 0.880. The summed E-state index contributed by atoms with van der Waals surface area (Å²) in [5.74, 6) is 0.933. The van der Waals surface area contributed by atoms with Crippen LogP contribution in [0.1, 0.15) is 5.56 Å². The van der Waals surface area contributed by atoms with Gasteiger partial charge in [0.2, 0.25) is 0 Å². The Morgan fingerprint density at radius 2 is 1.82 bits per heavy atom. The molecule has 4 aromatic rings. The van der Waals surface area contributed by atoms with Crippen molar-refractivity contribution in [2.75, 3.05) is 0 Å². The lowest BCUT2D eigenvalue weighted by Crippen LogP contribution is -1.93. The molecule has 0 fully saturated rings. The normalized spacial score (nSPS) is 11.2. The van der Waals surface area contributed by atoms with E-state index >= 15 is 0 Å². The summed E-state index contributed by atoms with van der Waals surface area (Å²) >= 11 is 0. The van der Waals surface area contributed by atoms with E-state index in [0.717, 1.165) is 28.1 Å². The van der Waals surface area contributed by atoms with Crippen molar-refractivity contribution < 1.29 is 0 Å². The lowest BCUT2D eigenvalue weighted by Gasteiger charge is -2.00. The molecule has 108 valence electrons. The van der Waals surface area contributed by atoms with Crippen LogP contribution in [0.3, 0.4) is 0 Å². The van der Waals surface area contributed by atoms with Crippen molar-refractivity contribution in [2.45, 2.75) is 6.92 Å². The fourth-order valence-electron chi connectivity index (χ4n) is 2.73. The molecule has 0 amide bonds. The number of hydrogen-bond donors (Lipinski definition) is 0. The van der Waals surface area contributed by atoms with Crippen molar-refractivity contribution in [3.63, 3.8) is 0 Å². The molecule has 4 rings (SSSR count). The number of imidazole rings is 1. The van der Waals surface area contributed by atoms with E-state index in [2.05, 4.69) is 34.8 Å². The van der Waals surface area contributed by atoms with Crippen molar-refractivity contribution in [3.05, 3.63) is 66.5 Å². The van der Waals surface area contributed by atoms with Gasteiger partial charge < -0.3 is 4.57 Å². The first-order chi connectivity index (χ1) is 10.7. The number of benzene rings is 2. The molecule has 4 heteroatoms. The third-order valence-electron chi connectivity index (χ3n) is 3.90. The molecule has 2 aromatic carbocycles. The SMILES string of the molecule is Cc1ccc2c(c1)nc(-c1cnn(-c3ccccc3)c1)n2C. The van der Waals surface area contributed by atoms with E-state index in [1.165, 1.54) is 5.56 Å². The number of aromatic nitrogens is 4. The van der Waals surface area contributed by atoms with E-state index in [-0.39, 0.29) is 0 Å². The molecule has 0 atom stereocenters. The summed E-state index contributed by atoms with van der Waals surface area (Å²) in [6, 6.07) is 16.4. The maximum absolute atomic E-state index is 4.76. The van der Waals surface area contributed by atoms with Crippen LogP contribution in [0, 0.1) is 6.92 Å². The van der Waals surface area contributed by atoms with Gasteiger partial charge in [0.1, 0.15) is 5.82 Å². The van der Waals surface area contributed by atoms with Gasteiger partial charge in [-0.2, -0.15) is 5.10 Å². The first-order valence-electron chi connectivity index (χ1n) is 7.26. The molecule has 4 nitrogen and oxygen atoms in total. The highest BCUT2D eigenvalue weighted by Gasteiger charge is 2.12. The van der Waals surface area contributed by atoms with Gasteiger partial charge in [0, 0.05) is 13.2 Å². The molecule has 0 unspecified atom stereocenters. The Bertz CT molecular complexity index is 948. The summed E-state index contributed by atoms with van der Waals surface area (Å²) in [5, 5.41) is 4.45. The third-order valence-corrected chi connectivity index (χ3v) is 3.90. The Balaban J connectivity index is 1.83. The van der Waals surface area contributed by atoms with Gasteiger partial charge in [-0.25, -0.2) is 9.67 Å². The van der Waals surface area contributed by atoms with Crippen molar-refractivity contribution >= 4 is 11.0 Å². The van der Waals surface area contributed by atoms with Gasteiger partial charge in [0.25, 0.3) is 0 Å². The van der Waals surface area contributed by atoms with Crippen molar-refractivity contribution in [3.8, 4) is 17.1 Å². The van der Waals surface area contributed by atoms with Crippen LogP contribution >= 0.6 is 0 Å². The predicted octanol–water partition coefficient (Wildman–Crippen LogP) is 3.73. The third kappa shape index (κ3) is 2.00. The highest BCUT2D eigenvalue weighted by molar-refractivity contribution is 5.81. The zero-order valence-electron chi connectivity index (χ0n) is 12.6. The zero-order valence-corrected chi connectivity index (χ0v) is 12.6. The van der Waals surface area contributed by atoms with Crippen LogP contribution in [0.15, 0.2) is 60.9 Å². The van der Waals surface area contributed by atoms with Crippen LogP contribution in [-0.4, -0.2) is 19.3 Å². The largest absolute Gasteiger partial charge is 0.327 e. The van der Waals surface area contributed by atoms with Crippen molar-refractivity contribution in [2.24, 2.45) is 7.05 Å². The highest BCUT2D eigenvalue weighted by Crippen LogP contribution is 2.24. The molecule has 0 N–H and O–H groups in total. The monoisotopic (exact) mass is 288 g/mol. The molecule has 0 radical (unpaired) electrons. The van der Waals surface area contributed by atoms with Gasteiger partial charge in [-0.1, -0.05) is 24.3 Å². The molecule has 2 aromatic heterocycles. The van der Waals surface area contributed by atoms with Crippen LogP contribution < -0.4 is 0 Å². The van der Waals surface area contributed by atoms with Gasteiger partial charge in [-0.15, -0.1) is 0 Å². The Morgan fingerprint density at radius 1 is 1.00 bits per heavy atom. The summed E-state index contributed by atoms with van der Waals surface area (Å²) in [6.07, 6.45) is 3.88. The predicted molar refractivity (Wildman–Crippen MR) is 88.0 cm³/mol. The van der Waals surface area contributed by atoms with Crippen LogP contribution in [0.25, 0.3) is 28.1 Å². The number of aryl methyl sites for hydroxylation is 2. The molecule has 0 spiro atoms. The van der Waals surface area contributed by atoms with E-state index in [1.807, 2.05) is 54.5 Å². The van der Waals surface area contributed by atoms with Gasteiger partial charge in [0.05, 0.1) is 28.5 Å². The second-order valence-corrected chi connectivity index (χ2v) is 5.50. The molecule has 2 heterocycles. The Kier molecular flexibility index (Phi) is 2.82. The van der Waals surface area contributed by atoms with Crippen LogP contribution in [0.4, 0.5) is 0 Å². The zero-order chi connectivity index (χ0) is 15.1. The van der Waals surface area contributed by atoms with Crippen molar-refractivity contribution in [1.82, 2.24) is 19.3 Å². The molecule has 0 aliphatic carbocycles. The topological polar surface area (TPSA) is 35.6 Å². The number of rotatable bonds is 2. The van der Waals surface area contributed by atoms with Crippen molar-refractivity contribution in [1.29, 1.82) is 0 Å². The summed E-state index contributed by atoms with van der Waals surface area (Å²) in [6.45, 7) is 2.08. The standard InChI is InChI=1S/C18H16N4/c1-13-8-9-17-16(10-13)20-18(21(17)2)14-11-19-22(12-14)15-6-4-3-5-7-15/h3-12H,1-2H3. The molecule has 0 bridgehead atoms. The van der Waals surface area contributed by atoms with Crippen LogP contribution in [0.2, 0.25) is 0 Å². The smallest absolute Gasteiger partial charge is 0.144 e. The number of hydrogen-bond acceptors (Lipinski definition) is 2. The fourth-order valence-corrected chi connectivity index (χ4v) is 2.73. The lowest BCUT2D eigenvalue weighted by atomic mass is 10.2. The molecule has 0 saturated carbocycles. The highest BCUT2D eigenvalue weighted by atomic mass is 15.3. The van der Waals surface area contributed by atoms with Crippen LogP contribution in [0.5, 0.6) is 0 Å². The summed E-state index contributed by atoms with van der Waals surface area (Å²) in [5.41, 5.74) is 5.43. The minimum atomic E-state index is 0.933. The number of fused-ring (bicyclic) bond motifs is 1. The van der Waals surface area contributed by atoms with E-state index in [4.69, 9.17) is 4.98 Å². The minimum absolute atomic E-state index is 0.933. The second kappa shape index (κ2) is 4.84. The first-order valence-corrected chi connectivity index (χ1v) is 7.26. The van der Waals surface area contributed by atoms with Gasteiger partial charge >= 0.3 is 0 Å². The summed E-state index contributed by atoms with van der Waals surface area (Å²) < 4.78 is 3.99. The molecule has 0 saturated heterocycles. The van der Waals surface area contributed by atoms with Crippen LogP contribution in [-0.2, 0) is 7.05 Å². The maximum Gasteiger partial charge on any atom is 0.144 e.